The van der Waals surface area contributed by atoms with Crippen molar-refractivity contribution in [3.8, 4) is 0 Å². The first-order chi connectivity index (χ1) is 33.1. The van der Waals surface area contributed by atoms with Crippen LogP contribution in [0.1, 0.15) is 38.7 Å². The number of carbonyl (C=O) groups excluding carboxylic acids is 4. The standard InChI is InChI=1S/C18H16F3N5O3.C15H14F3N3O3.C10H12Cl2N2O2S/c1-9-22-14(24-23-9)6-11-8-26(18(28)29-11)13-7-12(19)17(16(21)15(13)20)25-4-2-10(27)3-5-25;16-10-5-11(21-7-9(6-19)24-15(21)23)12(17)13(18)14(10)20-3-1-8(22)2-4-20;1-7-3-5-9(6-4-7)17(15,16)14-13-8(2)10(11)12/h2,4,7,11,14H,3,5-6,8H2,1H3;1,3,5,9H,2,4,6-7,19H2;3-6,10,14H,1-2H3/b;;13-8+/t11-,14?;9-;/m00./s1. The number of aliphatic imine (C=N–C) groups is 1. The van der Waals surface area contributed by atoms with Crippen LogP contribution in [0.4, 0.5) is 58.7 Å². The largest absolute Gasteiger partial charge is 0.444 e. The van der Waals surface area contributed by atoms with Gasteiger partial charge in [-0.05, 0) is 45.1 Å². The number of nitrogens with one attached hydrogen (secondary N) is 1. The molecule has 3 aromatic carbocycles. The molecule has 8 rings (SSSR count). The van der Waals surface area contributed by atoms with E-state index in [0.717, 1.165) is 43.4 Å². The highest BCUT2D eigenvalue weighted by molar-refractivity contribution is 7.89. The van der Waals surface area contributed by atoms with Gasteiger partial charge in [0.25, 0.3) is 10.0 Å². The fraction of sp³-hybridized carbons (Fsp3) is 0.349. The van der Waals surface area contributed by atoms with Crippen molar-refractivity contribution in [3.63, 3.8) is 0 Å². The highest BCUT2D eigenvalue weighted by Crippen LogP contribution is 2.37. The average Bonchev–Trinajstić information content (AvgIpc) is 4.03. The summed E-state index contributed by atoms with van der Waals surface area (Å²) >= 11 is 11.0. The van der Waals surface area contributed by atoms with Gasteiger partial charge in [0.05, 0.1) is 35.1 Å². The Bertz CT molecular complexity index is 2820. The molecule has 2 saturated heterocycles. The lowest BCUT2D eigenvalue weighted by Crippen LogP contribution is -2.30. The Morgan fingerprint density at radius 1 is 0.800 bits per heavy atom. The van der Waals surface area contributed by atoms with Crippen molar-refractivity contribution in [2.24, 2.45) is 26.1 Å². The summed E-state index contributed by atoms with van der Waals surface area (Å²) in [7, 11) is -3.66. The van der Waals surface area contributed by atoms with Crippen LogP contribution >= 0.6 is 23.2 Å². The van der Waals surface area contributed by atoms with Crippen molar-refractivity contribution in [3.05, 3.63) is 101 Å². The maximum Gasteiger partial charge on any atom is 0.414 e. The summed E-state index contributed by atoms with van der Waals surface area (Å²) in [5, 5.41) is 11.3. The molecule has 2 amide bonds. The summed E-state index contributed by atoms with van der Waals surface area (Å²) in [6.45, 7) is 4.94. The SMILES string of the molecule is C/C(=N\NS(=O)(=O)c1ccc(C)cc1)C(Cl)Cl.CC1=NC(C[C@H]2CN(c3cc(F)c(N4C=CC(=O)CC4)c(F)c3F)C(=O)O2)N=N1.NC[C@H]1CN(c2cc(F)c(N3C=CC(=O)CC3)c(F)c2F)C(=O)O1. The average molecular weight is 1040 g/mol. The number of halogens is 8. The number of nitrogens with zero attached hydrogens (tertiary/aromatic N) is 8. The first-order valence-corrected chi connectivity index (χ1v) is 23.3. The molecule has 0 aromatic heterocycles. The normalized spacial score (nSPS) is 20.1. The van der Waals surface area contributed by atoms with Gasteiger partial charge in [-0.25, -0.2) is 45.8 Å². The number of anilines is 4. The quantitative estimate of drug-likeness (QED) is 0.0631. The zero-order valence-electron chi connectivity index (χ0n) is 37.1. The Kier molecular flexibility index (Phi) is 16.9. The Hall–Kier alpha value is -6.57. The molecule has 0 radical (unpaired) electrons. The van der Waals surface area contributed by atoms with Gasteiger partial charge >= 0.3 is 12.2 Å². The second-order valence-corrected chi connectivity index (χ2v) is 18.5. The van der Waals surface area contributed by atoms with Gasteiger partial charge in [-0.15, -0.1) is 5.11 Å². The van der Waals surface area contributed by atoms with E-state index in [4.69, 9.17) is 38.4 Å². The molecule has 5 aliphatic rings. The summed E-state index contributed by atoms with van der Waals surface area (Å²) in [6, 6.07) is 7.90. The van der Waals surface area contributed by atoms with Gasteiger partial charge < -0.3 is 25.0 Å². The number of amides is 2. The van der Waals surface area contributed by atoms with Gasteiger partial charge in [0.2, 0.25) is 0 Å². The van der Waals surface area contributed by atoms with Crippen molar-refractivity contribution >= 4 is 91.3 Å². The topological polar surface area (TPSA) is 221 Å². The van der Waals surface area contributed by atoms with E-state index in [1.165, 1.54) is 37.5 Å². The highest BCUT2D eigenvalue weighted by Gasteiger charge is 2.39. The van der Waals surface area contributed by atoms with Crippen molar-refractivity contribution in [2.75, 3.05) is 52.3 Å². The first kappa shape index (κ1) is 52.8. The molecule has 0 bridgehead atoms. The second kappa shape index (κ2) is 22.5. The lowest BCUT2D eigenvalue weighted by Gasteiger charge is -2.25. The van der Waals surface area contributed by atoms with Gasteiger partial charge in [-0.1, -0.05) is 40.9 Å². The molecule has 1 unspecified atom stereocenters. The lowest BCUT2D eigenvalue weighted by atomic mass is 10.1. The molecule has 18 nitrogen and oxygen atoms in total. The number of azo groups is 1. The fourth-order valence-electron chi connectivity index (χ4n) is 6.95. The smallest absolute Gasteiger partial charge is 0.414 e. The molecule has 5 heterocycles. The third-order valence-corrected chi connectivity index (χ3v) is 12.5. The number of nitrogens with two attached hydrogens (primary N) is 1. The van der Waals surface area contributed by atoms with Crippen molar-refractivity contribution in [1.29, 1.82) is 0 Å². The summed E-state index contributed by atoms with van der Waals surface area (Å²) < 4.78 is 121. The van der Waals surface area contributed by atoms with Gasteiger partial charge in [0.1, 0.15) is 34.3 Å². The number of rotatable bonds is 11. The maximum absolute atomic E-state index is 14.7. The lowest BCUT2D eigenvalue weighted by molar-refractivity contribution is -0.115. The molecule has 0 saturated carbocycles. The van der Waals surface area contributed by atoms with Crippen molar-refractivity contribution in [2.45, 2.75) is 68.1 Å². The molecule has 2 fully saturated rings. The molecular weight excluding hydrogens is 1000 g/mol. The van der Waals surface area contributed by atoms with Crippen LogP contribution in [0.15, 0.2) is 86.2 Å². The van der Waals surface area contributed by atoms with Crippen LogP contribution in [0.2, 0.25) is 0 Å². The number of hydrazone groups is 1. The molecule has 27 heteroatoms. The summed E-state index contributed by atoms with van der Waals surface area (Å²) in [5.41, 5.74) is 4.31. The van der Waals surface area contributed by atoms with Crippen LogP contribution < -0.4 is 30.2 Å². The number of benzene rings is 3. The number of allylic oxidation sites excluding steroid dienone is 2. The molecule has 3 atom stereocenters. The number of ether oxygens (including phenoxy) is 2. The predicted molar refractivity (Wildman–Crippen MR) is 246 cm³/mol. The van der Waals surface area contributed by atoms with Crippen molar-refractivity contribution in [1.82, 2.24) is 4.83 Å². The number of sulfonamides is 1. The maximum atomic E-state index is 14.7. The Morgan fingerprint density at radius 2 is 1.29 bits per heavy atom. The van der Waals surface area contributed by atoms with Gasteiger partial charge in [0.15, 0.2) is 52.6 Å². The van der Waals surface area contributed by atoms with Crippen LogP contribution in [0.5, 0.6) is 0 Å². The summed E-state index contributed by atoms with van der Waals surface area (Å²) in [6.07, 6.45) is 1.38. The molecule has 3 aromatic rings. The number of cyclic esters (lactones) is 2. The first-order valence-electron chi connectivity index (χ1n) is 20.9. The minimum Gasteiger partial charge on any atom is -0.444 e. The zero-order valence-corrected chi connectivity index (χ0v) is 39.4. The molecule has 70 heavy (non-hydrogen) atoms. The number of ketones is 2. The third kappa shape index (κ3) is 12.4. The van der Waals surface area contributed by atoms with E-state index in [-0.39, 0.29) is 74.2 Å². The number of hydrogen-bond acceptors (Lipinski definition) is 15. The van der Waals surface area contributed by atoms with Crippen LogP contribution in [0.3, 0.4) is 0 Å². The van der Waals surface area contributed by atoms with Crippen LogP contribution in [0.25, 0.3) is 0 Å². The summed E-state index contributed by atoms with van der Waals surface area (Å²) in [4.78, 5) is 55.7. The molecule has 5 aliphatic heterocycles. The molecule has 0 spiro atoms. The monoisotopic (exact) mass is 1040 g/mol. The number of carbonyl (C=O) groups is 4. The van der Waals surface area contributed by atoms with E-state index in [0.29, 0.717) is 5.84 Å². The van der Waals surface area contributed by atoms with E-state index in [1.807, 2.05) is 6.92 Å². The Morgan fingerprint density at radius 3 is 1.70 bits per heavy atom. The molecule has 374 valence electrons. The number of aryl methyl sites for hydroxylation is 1. The predicted octanol–water partition coefficient (Wildman–Crippen LogP) is 7.46. The third-order valence-electron chi connectivity index (χ3n) is 10.6. The van der Waals surface area contributed by atoms with Gasteiger partial charge in [-0.2, -0.15) is 18.6 Å². The number of alkyl halides is 2. The second-order valence-electron chi connectivity index (χ2n) is 15.7. The van der Waals surface area contributed by atoms with Gasteiger partial charge in [-0.3, -0.25) is 19.4 Å². The summed E-state index contributed by atoms with van der Waals surface area (Å²) in [5.74, 6) is -7.61. The van der Waals surface area contributed by atoms with Crippen LogP contribution in [0, 0.1) is 41.8 Å². The molecule has 0 aliphatic carbocycles. The Labute approximate surface area is 406 Å². The van der Waals surface area contributed by atoms with E-state index in [2.05, 4.69) is 25.2 Å². The van der Waals surface area contributed by atoms with E-state index in [9.17, 15) is 53.9 Å². The minimum atomic E-state index is -3.66. The zero-order chi connectivity index (χ0) is 51.2. The number of hydrogen-bond donors (Lipinski definition) is 2. The van der Waals surface area contributed by atoms with E-state index < -0.39 is 103 Å². The van der Waals surface area contributed by atoms with Crippen LogP contribution in [-0.2, 0) is 29.1 Å². The van der Waals surface area contributed by atoms with Crippen LogP contribution in [-0.4, -0.2) is 99.7 Å². The fourth-order valence-corrected chi connectivity index (χ4v) is 7.91. The van der Waals surface area contributed by atoms with Gasteiger partial charge in [0, 0.05) is 63.4 Å². The minimum absolute atomic E-state index is 0.0134. The highest BCUT2D eigenvalue weighted by atomic mass is 35.5. The molecular formula is C43H42Cl2F6N10O8S. The Balaban J connectivity index is 0.000000179. The van der Waals surface area contributed by atoms with E-state index >= 15 is 0 Å². The molecule has 3 N–H and O–H groups in total. The van der Waals surface area contributed by atoms with Crippen molar-refractivity contribution < 1.29 is 63.4 Å². The van der Waals surface area contributed by atoms with E-state index in [1.54, 1.807) is 19.1 Å². The number of amidine groups is 1.